The first-order chi connectivity index (χ1) is 7.97. The number of halogens is 4. The highest BCUT2D eigenvalue weighted by Crippen LogP contribution is 2.30. The van der Waals surface area contributed by atoms with E-state index in [9.17, 15) is 13.2 Å². The van der Waals surface area contributed by atoms with Crippen molar-refractivity contribution in [3.8, 4) is 11.1 Å². The van der Waals surface area contributed by atoms with Crippen molar-refractivity contribution in [1.29, 1.82) is 0 Å². The van der Waals surface area contributed by atoms with Crippen LogP contribution < -0.4 is 0 Å². The molecule has 96 valence electrons. The molecule has 1 aromatic heterocycles. The van der Waals surface area contributed by atoms with Crippen molar-refractivity contribution in [1.82, 2.24) is 4.98 Å². The lowest BCUT2D eigenvalue weighted by Crippen LogP contribution is -2.03. The third-order valence-electron chi connectivity index (χ3n) is 2.44. The predicted molar refractivity (Wildman–Crippen MR) is 66.7 cm³/mol. The Morgan fingerprint density at radius 3 is 2.06 bits per heavy atom. The molecule has 0 N–H and O–H groups in total. The number of pyridine rings is 1. The summed E-state index contributed by atoms with van der Waals surface area (Å²) in [5, 5.41) is 0. The highest BCUT2D eigenvalue weighted by atomic mass is 35.5. The molecule has 5 heteroatoms. The van der Waals surface area contributed by atoms with Crippen molar-refractivity contribution in [3.05, 3.63) is 53.9 Å². The minimum atomic E-state index is -4.29. The number of hydrogen-bond acceptors (Lipinski definition) is 1. The van der Waals surface area contributed by atoms with E-state index in [0.717, 1.165) is 29.0 Å². The van der Waals surface area contributed by atoms with Gasteiger partial charge in [0.1, 0.15) is 0 Å². The standard InChI is InChI=1S/C13H10F3N.ClH/c1-9-8-11(6-7-17-9)10-2-4-12(5-3-10)13(14,15)16;/h2-8H,1H3;1H. The van der Waals surface area contributed by atoms with E-state index in [4.69, 9.17) is 0 Å². The average molecular weight is 274 g/mol. The molecule has 0 saturated heterocycles. The van der Waals surface area contributed by atoms with Gasteiger partial charge in [-0.2, -0.15) is 13.2 Å². The zero-order valence-electron chi connectivity index (χ0n) is 9.53. The van der Waals surface area contributed by atoms with Crippen molar-refractivity contribution < 1.29 is 13.2 Å². The van der Waals surface area contributed by atoms with E-state index in [2.05, 4.69) is 4.98 Å². The molecule has 0 aliphatic heterocycles. The second-order valence-electron chi connectivity index (χ2n) is 3.76. The quantitative estimate of drug-likeness (QED) is 0.746. The zero-order chi connectivity index (χ0) is 12.5. The van der Waals surface area contributed by atoms with Gasteiger partial charge in [0.05, 0.1) is 5.56 Å². The maximum atomic E-state index is 12.4. The SMILES string of the molecule is Cc1cc(-c2ccc(C(F)(F)F)cc2)ccn1.Cl. The van der Waals surface area contributed by atoms with Gasteiger partial charge in [-0.15, -0.1) is 12.4 Å². The fourth-order valence-corrected chi connectivity index (χ4v) is 1.58. The number of alkyl halides is 3. The van der Waals surface area contributed by atoms with Crippen LogP contribution in [-0.4, -0.2) is 4.98 Å². The fourth-order valence-electron chi connectivity index (χ4n) is 1.58. The van der Waals surface area contributed by atoms with Gasteiger partial charge in [0.25, 0.3) is 0 Å². The Balaban J connectivity index is 0.00000162. The molecule has 0 aliphatic rings. The molecule has 1 aromatic carbocycles. The lowest BCUT2D eigenvalue weighted by molar-refractivity contribution is -0.137. The summed E-state index contributed by atoms with van der Waals surface area (Å²) in [7, 11) is 0. The van der Waals surface area contributed by atoms with Crippen LogP contribution in [0.15, 0.2) is 42.6 Å². The Bertz CT molecular complexity index is 521. The first-order valence-electron chi connectivity index (χ1n) is 5.07. The van der Waals surface area contributed by atoms with Gasteiger partial charge in [0.15, 0.2) is 0 Å². The summed E-state index contributed by atoms with van der Waals surface area (Å²) in [6.45, 7) is 1.84. The molecule has 2 aromatic rings. The smallest absolute Gasteiger partial charge is 0.262 e. The van der Waals surface area contributed by atoms with Crippen LogP contribution >= 0.6 is 12.4 Å². The van der Waals surface area contributed by atoms with Crippen molar-refractivity contribution >= 4 is 12.4 Å². The van der Waals surface area contributed by atoms with E-state index in [-0.39, 0.29) is 12.4 Å². The summed E-state index contributed by atoms with van der Waals surface area (Å²) in [4.78, 5) is 4.04. The second kappa shape index (κ2) is 5.40. The van der Waals surface area contributed by atoms with Crippen LogP contribution in [0.4, 0.5) is 13.2 Å². The number of hydrogen-bond donors (Lipinski definition) is 0. The van der Waals surface area contributed by atoms with Gasteiger partial charge >= 0.3 is 6.18 Å². The van der Waals surface area contributed by atoms with Crippen LogP contribution in [0.2, 0.25) is 0 Å². The average Bonchev–Trinajstić information content (AvgIpc) is 2.28. The predicted octanol–water partition coefficient (Wildman–Crippen LogP) is 4.50. The highest BCUT2D eigenvalue weighted by Gasteiger charge is 2.29. The van der Waals surface area contributed by atoms with Crippen LogP contribution in [0.3, 0.4) is 0 Å². The molecule has 0 saturated carbocycles. The van der Waals surface area contributed by atoms with E-state index in [0.29, 0.717) is 0 Å². The maximum Gasteiger partial charge on any atom is 0.416 e. The van der Waals surface area contributed by atoms with Gasteiger partial charge in [0.2, 0.25) is 0 Å². The Hall–Kier alpha value is -1.55. The van der Waals surface area contributed by atoms with E-state index >= 15 is 0 Å². The van der Waals surface area contributed by atoms with Crippen molar-refractivity contribution in [3.63, 3.8) is 0 Å². The van der Waals surface area contributed by atoms with E-state index in [1.54, 1.807) is 12.3 Å². The number of rotatable bonds is 1. The Kier molecular flexibility index (Phi) is 4.35. The lowest BCUT2D eigenvalue weighted by Gasteiger charge is -2.07. The molecule has 0 amide bonds. The molecular formula is C13H11ClF3N. The normalized spacial score (nSPS) is 10.9. The summed E-state index contributed by atoms with van der Waals surface area (Å²) < 4.78 is 37.1. The van der Waals surface area contributed by atoms with Crippen LogP contribution in [-0.2, 0) is 6.18 Å². The van der Waals surface area contributed by atoms with E-state index < -0.39 is 11.7 Å². The molecule has 0 unspecified atom stereocenters. The number of nitrogens with zero attached hydrogens (tertiary/aromatic N) is 1. The Morgan fingerprint density at radius 2 is 1.56 bits per heavy atom. The van der Waals surface area contributed by atoms with Gasteiger partial charge in [-0.05, 0) is 42.3 Å². The molecule has 18 heavy (non-hydrogen) atoms. The van der Waals surface area contributed by atoms with Gasteiger partial charge < -0.3 is 0 Å². The van der Waals surface area contributed by atoms with Crippen LogP contribution in [0, 0.1) is 6.92 Å². The van der Waals surface area contributed by atoms with Gasteiger partial charge in [-0.1, -0.05) is 12.1 Å². The Morgan fingerprint density at radius 1 is 0.944 bits per heavy atom. The van der Waals surface area contributed by atoms with Crippen LogP contribution in [0.1, 0.15) is 11.3 Å². The fraction of sp³-hybridized carbons (Fsp3) is 0.154. The van der Waals surface area contributed by atoms with Crippen molar-refractivity contribution in [2.45, 2.75) is 13.1 Å². The number of aryl methyl sites for hydroxylation is 1. The minimum absolute atomic E-state index is 0. The Labute approximate surface area is 109 Å². The molecule has 2 rings (SSSR count). The molecular weight excluding hydrogens is 263 g/mol. The van der Waals surface area contributed by atoms with E-state index in [1.165, 1.54) is 12.1 Å². The zero-order valence-corrected chi connectivity index (χ0v) is 10.3. The van der Waals surface area contributed by atoms with Crippen molar-refractivity contribution in [2.75, 3.05) is 0 Å². The van der Waals surface area contributed by atoms with Crippen molar-refractivity contribution in [2.24, 2.45) is 0 Å². The second-order valence-corrected chi connectivity index (χ2v) is 3.76. The highest BCUT2D eigenvalue weighted by molar-refractivity contribution is 5.85. The molecule has 0 atom stereocenters. The molecule has 1 heterocycles. The topological polar surface area (TPSA) is 12.9 Å². The lowest BCUT2D eigenvalue weighted by atomic mass is 10.0. The summed E-state index contributed by atoms with van der Waals surface area (Å²) in [5.74, 6) is 0. The molecule has 0 spiro atoms. The van der Waals surface area contributed by atoms with E-state index in [1.807, 2.05) is 13.0 Å². The third-order valence-corrected chi connectivity index (χ3v) is 2.44. The summed E-state index contributed by atoms with van der Waals surface area (Å²) in [5.41, 5.74) is 1.82. The summed E-state index contributed by atoms with van der Waals surface area (Å²) in [6.07, 6.45) is -2.64. The molecule has 0 fully saturated rings. The van der Waals surface area contributed by atoms with Gasteiger partial charge in [0, 0.05) is 11.9 Å². The maximum absolute atomic E-state index is 12.4. The molecule has 1 nitrogen and oxygen atoms in total. The largest absolute Gasteiger partial charge is 0.416 e. The first kappa shape index (κ1) is 14.5. The van der Waals surface area contributed by atoms with Gasteiger partial charge in [-0.3, -0.25) is 4.98 Å². The van der Waals surface area contributed by atoms with Crippen LogP contribution in [0.5, 0.6) is 0 Å². The molecule has 0 radical (unpaired) electrons. The third kappa shape index (κ3) is 3.23. The summed E-state index contributed by atoms with van der Waals surface area (Å²) >= 11 is 0. The molecule has 0 aliphatic carbocycles. The van der Waals surface area contributed by atoms with Gasteiger partial charge in [-0.25, -0.2) is 0 Å². The monoisotopic (exact) mass is 273 g/mol. The molecule has 0 bridgehead atoms. The summed E-state index contributed by atoms with van der Waals surface area (Å²) in [6, 6.07) is 8.73. The van der Waals surface area contributed by atoms with Crippen LogP contribution in [0.25, 0.3) is 11.1 Å². The number of aromatic nitrogens is 1. The number of benzene rings is 1. The minimum Gasteiger partial charge on any atom is -0.262 e. The first-order valence-corrected chi connectivity index (χ1v) is 5.07.